The summed E-state index contributed by atoms with van der Waals surface area (Å²) in [6.07, 6.45) is -3.55. The van der Waals surface area contributed by atoms with E-state index in [9.17, 15) is 18.4 Å². The van der Waals surface area contributed by atoms with Crippen molar-refractivity contribution in [2.45, 2.75) is 46.1 Å². The van der Waals surface area contributed by atoms with Crippen LogP contribution in [0, 0.1) is 5.41 Å². The third-order valence-electron chi connectivity index (χ3n) is 2.24. The maximum absolute atomic E-state index is 13.0. The zero-order valence-corrected chi connectivity index (χ0v) is 10.7. The maximum atomic E-state index is 13.0. The summed E-state index contributed by atoms with van der Waals surface area (Å²) in [5.74, 6) is -2.53. The van der Waals surface area contributed by atoms with Gasteiger partial charge in [-0.3, -0.25) is 9.59 Å². The lowest BCUT2D eigenvalue weighted by molar-refractivity contribution is -0.190. The fraction of sp³-hybridized carbons (Fsp3) is 0.818. The van der Waals surface area contributed by atoms with E-state index < -0.39 is 29.4 Å². The molecule has 0 rings (SSSR count). The number of carbonyl (C=O) groups is 2. The molecule has 0 N–H and O–H groups in total. The molecule has 0 aromatic heterocycles. The standard InChI is InChI=1S/C11H18F2O4/c1-6-11(7(12)13,8(14)16-5)9(15)17-10(2,3)4/h7H,6H2,1-5H3. The number of carbonyl (C=O) groups excluding carboxylic acids is 2. The molecule has 0 radical (unpaired) electrons. The van der Waals surface area contributed by atoms with Gasteiger partial charge in [-0.25, -0.2) is 8.78 Å². The van der Waals surface area contributed by atoms with Gasteiger partial charge in [-0.2, -0.15) is 0 Å². The van der Waals surface area contributed by atoms with Gasteiger partial charge in [0.2, 0.25) is 5.41 Å². The highest BCUT2D eigenvalue weighted by Crippen LogP contribution is 2.34. The second kappa shape index (κ2) is 5.42. The number of ether oxygens (including phenoxy) is 2. The summed E-state index contributed by atoms with van der Waals surface area (Å²) in [6, 6.07) is 0. The molecule has 0 spiro atoms. The van der Waals surface area contributed by atoms with E-state index in [4.69, 9.17) is 4.74 Å². The maximum Gasteiger partial charge on any atom is 0.330 e. The number of hydrogen-bond donors (Lipinski definition) is 0. The third-order valence-corrected chi connectivity index (χ3v) is 2.24. The summed E-state index contributed by atoms with van der Waals surface area (Å²) in [5, 5.41) is 0. The van der Waals surface area contributed by atoms with E-state index in [2.05, 4.69) is 4.74 Å². The zero-order valence-electron chi connectivity index (χ0n) is 10.7. The Labute approximate surface area is 99.3 Å². The van der Waals surface area contributed by atoms with E-state index in [1.807, 2.05) is 0 Å². The van der Waals surface area contributed by atoms with Gasteiger partial charge in [-0.05, 0) is 27.2 Å². The normalized spacial score (nSPS) is 15.3. The third kappa shape index (κ3) is 3.38. The van der Waals surface area contributed by atoms with Crippen molar-refractivity contribution in [3.63, 3.8) is 0 Å². The van der Waals surface area contributed by atoms with E-state index in [0.29, 0.717) is 0 Å². The first-order valence-corrected chi connectivity index (χ1v) is 5.21. The predicted octanol–water partition coefficient (Wildman–Crippen LogP) is 2.16. The molecule has 0 aliphatic heterocycles. The lowest BCUT2D eigenvalue weighted by Gasteiger charge is -2.30. The van der Waals surface area contributed by atoms with Gasteiger partial charge in [-0.1, -0.05) is 6.92 Å². The van der Waals surface area contributed by atoms with Crippen LogP contribution < -0.4 is 0 Å². The van der Waals surface area contributed by atoms with Crippen LogP contribution in [0.3, 0.4) is 0 Å². The van der Waals surface area contributed by atoms with E-state index in [-0.39, 0.29) is 6.42 Å². The molecular weight excluding hydrogens is 234 g/mol. The fourth-order valence-corrected chi connectivity index (χ4v) is 1.26. The largest absolute Gasteiger partial charge is 0.468 e. The number of esters is 2. The molecular formula is C11H18F2O4. The van der Waals surface area contributed by atoms with Crippen LogP contribution in [-0.2, 0) is 19.1 Å². The van der Waals surface area contributed by atoms with Crippen LogP contribution in [0.15, 0.2) is 0 Å². The van der Waals surface area contributed by atoms with Gasteiger partial charge in [0.25, 0.3) is 6.43 Å². The highest BCUT2D eigenvalue weighted by atomic mass is 19.3. The van der Waals surface area contributed by atoms with E-state index in [1.54, 1.807) is 0 Å². The molecule has 0 bridgehead atoms. The average molecular weight is 252 g/mol. The van der Waals surface area contributed by atoms with Gasteiger partial charge in [0.15, 0.2) is 0 Å². The van der Waals surface area contributed by atoms with Gasteiger partial charge in [0.1, 0.15) is 5.60 Å². The molecule has 1 unspecified atom stereocenters. The van der Waals surface area contributed by atoms with Crippen LogP contribution in [0.4, 0.5) is 8.78 Å². The first-order chi connectivity index (χ1) is 7.61. The van der Waals surface area contributed by atoms with Crippen molar-refractivity contribution >= 4 is 11.9 Å². The summed E-state index contributed by atoms with van der Waals surface area (Å²) >= 11 is 0. The number of hydrogen-bond acceptors (Lipinski definition) is 4. The number of halogens is 2. The first-order valence-electron chi connectivity index (χ1n) is 5.21. The second-order valence-electron chi connectivity index (χ2n) is 4.62. The average Bonchev–Trinajstić information content (AvgIpc) is 2.15. The smallest absolute Gasteiger partial charge is 0.330 e. The second-order valence-corrected chi connectivity index (χ2v) is 4.62. The van der Waals surface area contributed by atoms with E-state index >= 15 is 0 Å². The van der Waals surface area contributed by atoms with Crippen molar-refractivity contribution in [3.8, 4) is 0 Å². The van der Waals surface area contributed by atoms with Crippen molar-refractivity contribution in [3.05, 3.63) is 0 Å². The van der Waals surface area contributed by atoms with Gasteiger partial charge < -0.3 is 9.47 Å². The Kier molecular flexibility index (Phi) is 5.04. The molecule has 6 heteroatoms. The Morgan fingerprint density at radius 3 is 1.88 bits per heavy atom. The lowest BCUT2D eigenvalue weighted by Crippen LogP contribution is -2.49. The highest BCUT2D eigenvalue weighted by Gasteiger charge is 2.56. The molecule has 17 heavy (non-hydrogen) atoms. The molecule has 0 aliphatic carbocycles. The Bertz CT molecular complexity index is 296. The minimum atomic E-state index is -3.17. The van der Waals surface area contributed by atoms with Crippen LogP contribution in [0.2, 0.25) is 0 Å². The number of methoxy groups -OCH3 is 1. The first kappa shape index (κ1) is 15.8. The van der Waals surface area contributed by atoms with Crippen molar-refractivity contribution in [2.24, 2.45) is 5.41 Å². The Balaban J connectivity index is 5.32. The summed E-state index contributed by atoms with van der Waals surface area (Å²) in [5.41, 5.74) is -3.48. The molecule has 0 aliphatic rings. The lowest BCUT2D eigenvalue weighted by atomic mass is 9.85. The molecule has 4 nitrogen and oxygen atoms in total. The van der Waals surface area contributed by atoms with Crippen LogP contribution >= 0.6 is 0 Å². The molecule has 1 atom stereocenters. The Morgan fingerprint density at radius 2 is 1.65 bits per heavy atom. The quantitative estimate of drug-likeness (QED) is 0.568. The molecule has 0 saturated heterocycles. The molecule has 0 fully saturated rings. The van der Waals surface area contributed by atoms with Crippen molar-refractivity contribution in [2.75, 3.05) is 7.11 Å². The highest BCUT2D eigenvalue weighted by molar-refractivity contribution is 6.00. The monoisotopic (exact) mass is 252 g/mol. The predicted molar refractivity (Wildman–Crippen MR) is 56.6 cm³/mol. The van der Waals surface area contributed by atoms with Crippen LogP contribution in [-0.4, -0.2) is 31.1 Å². The minimum Gasteiger partial charge on any atom is -0.468 e. The van der Waals surface area contributed by atoms with E-state index in [0.717, 1.165) is 7.11 Å². The Hall–Kier alpha value is -1.20. The minimum absolute atomic E-state index is 0.383. The number of alkyl halides is 2. The van der Waals surface area contributed by atoms with Gasteiger partial charge in [0.05, 0.1) is 7.11 Å². The summed E-state index contributed by atoms with van der Waals surface area (Å²) in [7, 11) is 0.958. The SMILES string of the molecule is CCC(C(=O)OC)(C(=O)OC(C)(C)C)C(F)F. The molecule has 0 heterocycles. The van der Waals surface area contributed by atoms with Crippen LogP contribution in [0.25, 0.3) is 0 Å². The van der Waals surface area contributed by atoms with Crippen LogP contribution in [0.5, 0.6) is 0 Å². The fourth-order valence-electron chi connectivity index (χ4n) is 1.26. The van der Waals surface area contributed by atoms with E-state index in [1.165, 1.54) is 27.7 Å². The Morgan fingerprint density at radius 1 is 1.18 bits per heavy atom. The summed E-state index contributed by atoms with van der Waals surface area (Å²) < 4.78 is 35.2. The molecule has 0 amide bonds. The topological polar surface area (TPSA) is 52.6 Å². The summed E-state index contributed by atoms with van der Waals surface area (Å²) in [6.45, 7) is 5.92. The van der Waals surface area contributed by atoms with Crippen molar-refractivity contribution < 1.29 is 27.8 Å². The van der Waals surface area contributed by atoms with Crippen LogP contribution in [0.1, 0.15) is 34.1 Å². The number of rotatable bonds is 4. The summed E-state index contributed by atoms with van der Waals surface area (Å²) in [4.78, 5) is 23.2. The van der Waals surface area contributed by atoms with Gasteiger partial charge in [-0.15, -0.1) is 0 Å². The molecule has 0 aromatic rings. The molecule has 0 aromatic carbocycles. The molecule has 100 valence electrons. The van der Waals surface area contributed by atoms with Crippen molar-refractivity contribution in [1.82, 2.24) is 0 Å². The van der Waals surface area contributed by atoms with Gasteiger partial charge >= 0.3 is 11.9 Å². The van der Waals surface area contributed by atoms with Gasteiger partial charge in [0, 0.05) is 0 Å². The zero-order chi connectivity index (χ0) is 13.9. The van der Waals surface area contributed by atoms with Crippen molar-refractivity contribution in [1.29, 1.82) is 0 Å². The molecule has 0 saturated carbocycles.